The predicted octanol–water partition coefficient (Wildman–Crippen LogP) is 4.19. The molecule has 1 aromatic heterocycles. The molecule has 0 amide bonds. The zero-order valence-corrected chi connectivity index (χ0v) is 12.9. The smallest absolute Gasteiger partial charge is 0.147 e. The average molecular weight is 293 g/mol. The van der Waals surface area contributed by atoms with E-state index < -0.39 is 0 Å². The van der Waals surface area contributed by atoms with E-state index in [4.69, 9.17) is 21.3 Å². The maximum absolute atomic E-state index is 5.95. The van der Waals surface area contributed by atoms with Crippen molar-refractivity contribution in [1.82, 2.24) is 9.55 Å². The number of hydrogen-bond acceptors (Lipinski definition) is 2. The number of aromatic nitrogens is 2. The molecule has 4 heteroatoms. The van der Waals surface area contributed by atoms with Gasteiger partial charge in [-0.2, -0.15) is 0 Å². The molecular weight excluding hydrogens is 272 g/mol. The summed E-state index contributed by atoms with van der Waals surface area (Å²) in [5, 5.41) is 0. The van der Waals surface area contributed by atoms with Crippen LogP contribution in [0.15, 0.2) is 18.2 Å². The van der Waals surface area contributed by atoms with Crippen LogP contribution < -0.4 is 4.74 Å². The van der Waals surface area contributed by atoms with E-state index in [1.54, 1.807) is 0 Å². The molecule has 0 bridgehead atoms. The van der Waals surface area contributed by atoms with E-state index in [9.17, 15) is 0 Å². The molecule has 3 nitrogen and oxygen atoms in total. The first kappa shape index (κ1) is 13.7. The minimum atomic E-state index is 0.597. The average Bonchev–Trinajstić information content (AvgIpc) is 3.13. The highest BCUT2D eigenvalue weighted by Gasteiger charge is 2.39. The highest BCUT2D eigenvalue weighted by molar-refractivity contribution is 6.17. The van der Waals surface area contributed by atoms with Gasteiger partial charge in [0.05, 0.1) is 12.1 Å². The van der Waals surface area contributed by atoms with Gasteiger partial charge in [-0.05, 0) is 31.4 Å². The Bertz CT molecular complexity index is 608. The molecule has 0 spiro atoms. The van der Waals surface area contributed by atoms with Crippen molar-refractivity contribution in [3.8, 4) is 5.75 Å². The Morgan fingerprint density at radius 3 is 2.90 bits per heavy atom. The van der Waals surface area contributed by atoms with Gasteiger partial charge in [0, 0.05) is 18.3 Å². The molecule has 0 N–H and O–H groups in total. The molecule has 2 unspecified atom stereocenters. The van der Waals surface area contributed by atoms with Crippen LogP contribution in [-0.2, 0) is 6.42 Å². The van der Waals surface area contributed by atoms with Gasteiger partial charge in [0.2, 0.25) is 0 Å². The second kappa shape index (κ2) is 5.65. The van der Waals surface area contributed by atoms with Crippen molar-refractivity contribution in [3.05, 3.63) is 24.0 Å². The summed E-state index contributed by atoms with van der Waals surface area (Å²) in [6, 6.07) is 6.80. The van der Waals surface area contributed by atoms with Gasteiger partial charge in [0.25, 0.3) is 0 Å². The first-order valence-electron chi connectivity index (χ1n) is 7.48. The summed E-state index contributed by atoms with van der Waals surface area (Å²) in [4.78, 5) is 4.80. The maximum Gasteiger partial charge on any atom is 0.147 e. The summed E-state index contributed by atoms with van der Waals surface area (Å²) >= 11 is 5.95. The molecule has 2 aromatic rings. The summed E-state index contributed by atoms with van der Waals surface area (Å²) in [5.41, 5.74) is 2.17. The van der Waals surface area contributed by atoms with Crippen LogP contribution in [-0.4, -0.2) is 22.0 Å². The first-order valence-corrected chi connectivity index (χ1v) is 8.02. The van der Waals surface area contributed by atoms with E-state index in [0.29, 0.717) is 18.5 Å². The zero-order chi connectivity index (χ0) is 14.1. The molecular formula is C16H21ClN2O. The van der Waals surface area contributed by atoms with Gasteiger partial charge in [-0.25, -0.2) is 4.98 Å². The van der Waals surface area contributed by atoms with Crippen molar-refractivity contribution >= 4 is 22.6 Å². The normalized spacial score (nSPS) is 21.4. The van der Waals surface area contributed by atoms with Crippen molar-refractivity contribution in [3.63, 3.8) is 0 Å². The number of ether oxygens (including phenoxy) is 1. The summed E-state index contributed by atoms with van der Waals surface area (Å²) in [5.74, 6) is 3.38. The molecule has 0 radical (unpaired) electrons. The third-order valence-electron chi connectivity index (χ3n) is 4.12. The SMILES string of the molecule is CCOc1cccc2c1nc(CCCl)n2C1CC1CC. The first-order chi connectivity index (χ1) is 9.80. The predicted molar refractivity (Wildman–Crippen MR) is 82.8 cm³/mol. The van der Waals surface area contributed by atoms with Crippen molar-refractivity contribution in [2.45, 2.75) is 39.2 Å². The Morgan fingerprint density at radius 2 is 2.25 bits per heavy atom. The lowest BCUT2D eigenvalue weighted by Crippen LogP contribution is -2.03. The number of alkyl halides is 1. The minimum Gasteiger partial charge on any atom is -0.492 e. The molecule has 1 saturated carbocycles. The fourth-order valence-electron chi connectivity index (χ4n) is 3.03. The van der Waals surface area contributed by atoms with Crippen LogP contribution in [0.4, 0.5) is 0 Å². The molecule has 1 aliphatic carbocycles. The summed E-state index contributed by atoms with van der Waals surface area (Å²) in [6.45, 7) is 4.93. The highest BCUT2D eigenvalue weighted by Crippen LogP contribution is 2.48. The Kier molecular flexibility index (Phi) is 3.88. The molecule has 3 rings (SSSR count). The lowest BCUT2D eigenvalue weighted by molar-refractivity contribution is 0.343. The topological polar surface area (TPSA) is 27.1 Å². The van der Waals surface area contributed by atoms with E-state index in [1.165, 1.54) is 18.4 Å². The third-order valence-corrected chi connectivity index (χ3v) is 4.30. The fourth-order valence-corrected chi connectivity index (χ4v) is 3.20. The minimum absolute atomic E-state index is 0.597. The number of aryl methyl sites for hydroxylation is 1. The van der Waals surface area contributed by atoms with E-state index in [-0.39, 0.29) is 0 Å². The third kappa shape index (κ3) is 2.28. The second-order valence-corrected chi connectivity index (χ2v) is 5.74. The highest BCUT2D eigenvalue weighted by atomic mass is 35.5. The summed E-state index contributed by atoms with van der Waals surface area (Å²) < 4.78 is 8.11. The van der Waals surface area contributed by atoms with Crippen molar-refractivity contribution in [2.75, 3.05) is 12.5 Å². The zero-order valence-electron chi connectivity index (χ0n) is 12.1. The van der Waals surface area contributed by atoms with E-state index in [0.717, 1.165) is 29.4 Å². The quantitative estimate of drug-likeness (QED) is 0.747. The van der Waals surface area contributed by atoms with E-state index in [2.05, 4.69) is 23.6 Å². The Hall–Kier alpha value is -1.22. The van der Waals surface area contributed by atoms with Gasteiger partial charge in [0.15, 0.2) is 0 Å². The molecule has 0 saturated heterocycles. The number of para-hydroxylation sites is 1. The number of imidazole rings is 1. The van der Waals surface area contributed by atoms with Crippen LogP contribution in [0.5, 0.6) is 5.75 Å². The van der Waals surface area contributed by atoms with Crippen molar-refractivity contribution in [2.24, 2.45) is 5.92 Å². The molecule has 1 heterocycles. The number of hydrogen-bond donors (Lipinski definition) is 0. The van der Waals surface area contributed by atoms with Gasteiger partial charge in [-0.3, -0.25) is 0 Å². The van der Waals surface area contributed by atoms with Crippen LogP contribution in [0, 0.1) is 5.92 Å². The number of fused-ring (bicyclic) bond motifs is 1. The molecule has 20 heavy (non-hydrogen) atoms. The maximum atomic E-state index is 5.95. The van der Waals surface area contributed by atoms with Crippen LogP contribution >= 0.6 is 11.6 Å². The Balaban J connectivity index is 2.10. The lowest BCUT2D eigenvalue weighted by atomic mass is 10.2. The summed E-state index contributed by atoms with van der Waals surface area (Å²) in [7, 11) is 0. The molecule has 0 aliphatic heterocycles. The summed E-state index contributed by atoms with van der Waals surface area (Å²) in [6.07, 6.45) is 3.31. The van der Waals surface area contributed by atoms with Gasteiger partial charge in [-0.15, -0.1) is 11.6 Å². The van der Waals surface area contributed by atoms with Crippen LogP contribution in [0.2, 0.25) is 0 Å². The van der Waals surface area contributed by atoms with Gasteiger partial charge >= 0.3 is 0 Å². The van der Waals surface area contributed by atoms with Gasteiger partial charge in [0.1, 0.15) is 17.1 Å². The number of halogens is 1. The monoisotopic (exact) mass is 292 g/mol. The Morgan fingerprint density at radius 1 is 1.40 bits per heavy atom. The number of benzene rings is 1. The van der Waals surface area contributed by atoms with Crippen molar-refractivity contribution < 1.29 is 4.74 Å². The molecule has 1 fully saturated rings. The number of rotatable bonds is 6. The van der Waals surface area contributed by atoms with E-state index in [1.807, 2.05) is 13.0 Å². The standard InChI is InChI=1S/C16H21ClN2O/c1-3-11-10-13(11)19-12-6-5-7-14(20-4-2)16(12)18-15(19)8-9-17/h5-7,11,13H,3-4,8-10H2,1-2H3. The molecule has 1 aliphatic rings. The van der Waals surface area contributed by atoms with Gasteiger partial charge < -0.3 is 9.30 Å². The largest absolute Gasteiger partial charge is 0.492 e. The molecule has 2 atom stereocenters. The lowest BCUT2D eigenvalue weighted by Gasteiger charge is -2.08. The van der Waals surface area contributed by atoms with Gasteiger partial charge in [-0.1, -0.05) is 19.4 Å². The fraction of sp³-hybridized carbons (Fsp3) is 0.562. The molecule has 108 valence electrons. The van der Waals surface area contributed by atoms with Crippen LogP contribution in [0.3, 0.4) is 0 Å². The van der Waals surface area contributed by atoms with Crippen LogP contribution in [0.1, 0.15) is 38.6 Å². The Labute approximate surface area is 124 Å². The van der Waals surface area contributed by atoms with Crippen LogP contribution in [0.25, 0.3) is 11.0 Å². The molecule has 1 aromatic carbocycles. The van der Waals surface area contributed by atoms with Crippen molar-refractivity contribution in [1.29, 1.82) is 0 Å². The second-order valence-electron chi connectivity index (χ2n) is 5.37. The van der Waals surface area contributed by atoms with E-state index >= 15 is 0 Å². The number of nitrogens with zero attached hydrogens (tertiary/aromatic N) is 2.